The van der Waals surface area contributed by atoms with E-state index in [0.29, 0.717) is 0 Å². The van der Waals surface area contributed by atoms with Gasteiger partial charge in [0.1, 0.15) is 0 Å². The van der Waals surface area contributed by atoms with Crippen LogP contribution in [-0.2, 0) is 18.3 Å². The Hall–Kier alpha value is 0.183. The number of hydrogen-bond acceptors (Lipinski definition) is 0. The molecule has 0 nitrogen and oxygen atoms in total. The molecule has 0 saturated heterocycles. The standard InChI is InChI=1S/C6H3F2.BrH.Zn/c7-5-2-1-3-6(8)4-5;;/h2-4H;1H;/q;;+1/p-1. The Bertz CT molecular complexity index is 177. The van der Waals surface area contributed by atoms with Crippen LogP contribution in [0.4, 0.5) is 8.78 Å². The van der Waals surface area contributed by atoms with E-state index in [2.05, 4.69) is 0 Å². The average Bonchev–Trinajstić information content (AvgIpc) is 1.59. The Kier molecular flexibility index (Phi) is 4.22. The van der Waals surface area contributed by atoms with Gasteiger partial charge in [-0.2, -0.15) is 0 Å². The van der Waals surface area contributed by atoms with E-state index in [0.717, 1.165) is 28.5 Å². The van der Waals surface area contributed by atoms with Gasteiger partial charge in [0.05, 0.1) is 0 Å². The van der Waals surface area contributed by atoms with Crippen LogP contribution in [0.15, 0.2) is 18.2 Å². The van der Waals surface area contributed by atoms with Gasteiger partial charge >= 0.3 is 61.1 Å². The molecule has 1 rings (SSSR count). The zero-order valence-electron chi connectivity index (χ0n) is 5.07. The normalized spacial score (nSPS) is 8.80. The Morgan fingerprint density at radius 1 is 1.00 bits per heavy atom. The molecule has 1 aromatic carbocycles. The van der Waals surface area contributed by atoms with E-state index in [1.807, 2.05) is 0 Å². The quantitative estimate of drug-likeness (QED) is 0.479. The average molecular weight is 258 g/mol. The minimum Gasteiger partial charge on any atom is -1.00 e. The van der Waals surface area contributed by atoms with Crippen molar-refractivity contribution in [2.75, 3.05) is 0 Å². The van der Waals surface area contributed by atoms with Crippen molar-refractivity contribution in [3.8, 4) is 0 Å². The second kappa shape index (κ2) is 4.14. The molecule has 10 heavy (non-hydrogen) atoms. The fourth-order valence-corrected chi connectivity index (χ4v) is 1.43. The van der Waals surface area contributed by atoms with Crippen LogP contribution in [0, 0.1) is 11.6 Å². The molecule has 0 atom stereocenters. The molecule has 0 spiro atoms. The van der Waals surface area contributed by atoms with Gasteiger partial charge in [-0.1, -0.05) is 0 Å². The number of benzene rings is 1. The molecule has 0 aliphatic carbocycles. The van der Waals surface area contributed by atoms with Gasteiger partial charge in [-0.3, -0.25) is 0 Å². The maximum atomic E-state index is 12.2. The van der Waals surface area contributed by atoms with Crippen molar-refractivity contribution in [3.63, 3.8) is 0 Å². The smallest absolute Gasteiger partial charge is 1.00 e. The molecule has 1 aromatic rings. The summed E-state index contributed by atoms with van der Waals surface area (Å²) in [5.41, 5.74) is 0. The van der Waals surface area contributed by atoms with Crippen molar-refractivity contribution in [2.45, 2.75) is 0 Å². The van der Waals surface area contributed by atoms with Crippen LogP contribution in [0.1, 0.15) is 0 Å². The van der Waals surface area contributed by atoms with Gasteiger partial charge in [-0.15, -0.1) is 0 Å². The van der Waals surface area contributed by atoms with Crippen LogP contribution < -0.4 is 21.1 Å². The Morgan fingerprint density at radius 3 is 1.70 bits per heavy atom. The maximum absolute atomic E-state index is 12.2. The van der Waals surface area contributed by atoms with Crippen LogP contribution >= 0.6 is 0 Å². The van der Waals surface area contributed by atoms with E-state index in [1.54, 1.807) is 0 Å². The molecular formula is C6H3BrF2Zn. The third-order valence-corrected chi connectivity index (χ3v) is 1.78. The summed E-state index contributed by atoms with van der Waals surface area (Å²) in [6, 6.07) is 3.55. The predicted molar refractivity (Wildman–Crippen MR) is 26.0 cm³/mol. The van der Waals surface area contributed by atoms with Crippen molar-refractivity contribution < 1.29 is 44.1 Å². The van der Waals surface area contributed by atoms with Gasteiger partial charge in [0, 0.05) is 0 Å². The van der Waals surface area contributed by atoms with Crippen molar-refractivity contribution in [1.82, 2.24) is 0 Å². The fourth-order valence-electron chi connectivity index (χ4n) is 0.611. The van der Waals surface area contributed by atoms with E-state index in [9.17, 15) is 8.78 Å². The molecule has 4 heteroatoms. The topological polar surface area (TPSA) is 0 Å². The van der Waals surface area contributed by atoms with Crippen LogP contribution in [0.2, 0.25) is 0 Å². The fraction of sp³-hybridized carbons (Fsp3) is 0. The minimum absolute atomic E-state index is 0. The summed E-state index contributed by atoms with van der Waals surface area (Å²) >= 11 is 0.786. The summed E-state index contributed by atoms with van der Waals surface area (Å²) in [6.45, 7) is 0. The summed E-state index contributed by atoms with van der Waals surface area (Å²) in [5.74, 6) is -0.979. The summed E-state index contributed by atoms with van der Waals surface area (Å²) in [6.07, 6.45) is 0. The second-order valence-corrected chi connectivity index (χ2v) is 3.49. The van der Waals surface area contributed by atoms with Crippen LogP contribution in [0.25, 0.3) is 0 Å². The second-order valence-electron chi connectivity index (χ2n) is 1.78. The molecule has 0 radical (unpaired) electrons. The molecule has 0 heterocycles. The zero-order chi connectivity index (χ0) is 6.85. The first kappa shape index (κ1) is 10.2. The maximum Gasteiger partial charge on any atom is -1.00 e. The number of halogens is 3. The van der Waals surface area contributed by atoms with Crippen molar-refractivity contribution in [2.24, 2.45) is 0 Å². The Labute approximate surface area is 78.1 Å². The molecule has 0 unspecified atom stereocenters. The molecular weight excluding hydrogens is 255 g/mol. The summed E-state index contributed by atoms with van der Waals surface area (Å²) in [7, 11) is 0. The molecule has 0 aliphatic heterocycles. The predicted octanol–water partition coefficient (Wildman–Crippen LogP) is -1.86. The molecule has 50 valence electrons. The van der Waals surface area contributed by atoms with Gasteiger partial charge in [0.25, 0.3) is 0 Å². The van der Waals surface area contributed by atoms with E-state index >= 15 is 0 Å². The zero-order valence-corrected chi connectivity index (χ0v) is 9.63. The molecule has 0 aliphatic rings. The van der Waals surface area contributed by atoms with Gasteiger partial charge in [0.2, 0.25) is 0 Å². The molecule has 0 N–H and O–H groups in total. The third kappa shape index (κ3) is 2.84. The minimum atomic E-state index is -0.490. The van der Waals surface area contributed by atoms with E-state index in [4.69, 9.17) is 0 Å². The summed E-state index contributed by atoms with van der Waals surface area (Å²) in [5, 5.41) is 0. The Morgan fingerprint density at radius 2 is 1.40 bits per heavy atom. The molecule has 0 saturated carbocycles. The van der Waals surface area contributed by atoms with Crippen molar-refractivity contribution in [3.05, 3.63) is 29.8 Å². The van der Waals surface area contributed by atoms with Gasteiger partial charge in [-0.25, -0.2) is 0 Å². The Balaban J connectivity index is 0.000000810. The molecule has 0 bridgehead atoms. The molecule has 0 fully saturated rings. The first-order chi connectivity index (χ1) is 4.18. The van der Waals surface area contributed by atoms with Crippen LogP contribution in [0.5, 0.6) is 0 Å². The molecule has 0 amide bonds. The van der Waals surface area contributed by atoms with Gasteiger partial charge in [-0.05, 0) is 0 Å². The number of rotatable bonds is 0. The summed E-state index contributed by atoms with van der Waals surface area (Å²) in [4.78, 5) is 0. The summed E-state index contributed by atoms with van der Waals surface area (Å²) < 4.78 is 25.1. The van der Waals surface area contributed by atoms with Crippen LogP contribution in [0.3, 0.4) is 0 Å². The van der Waals surface area contributed by atoms with Crippen molar-refractivity contribution in [1.29, 1.82) is 0 Å². The largest absolute Gasteiger partial charge is 1.00 e. The van der Waals surface area contributed by atoms with Crippen LogP contribution in [-0.4, -0.2) is 0 Å². The van der Waals surface area contributed by atoms with Crippen molar-refractivity contribution >= 4 is 4.16 Å². The molecule has 0 aromatic heterocycles. The van der Waals surface area contributed by atoms with E-state index < -0.39 is 11.6 Å². The van der Waals surface area contributed by atoms with E-state index in [-0.39, 0.29) is 17.0 Å². The number of hydrogen-bond donors (Lipinski definition) is 0. The monoisotopic (exact) mass is 256 g/mol. The SMILES string of the molecule is Fc1cc(F)c[c]([Zn+])c1.[Br-]. The van der Waals surface area contributed by atoms with Gasteiger partial charge in [0.15, 0.2) is 0 Å². The first-order valence-electron chi connectivity index (χ1n) is 2.46. The van der Waals surface area contributed by atoms with E-state index in [1.165, 1.54) is 12.1 Å². The van der Waals surface area contributed by atoms with Gasteiger partial charge < -0.3 is 17.0 Å². The first-order valence-corrected chi connectivity index (χ1v) is 3.95. The third-order valence-electron chi connectivity index (χ3n) is 0.922.